The third-order valence-corrected chi connectivity index (χ3v) is 1.08. The fraction of sp³-hybridized carbons (Fsp3) is 0.250. The van der Waals surface area contributed by atoms with Crippen LogP contribution in [-0.2, 0) is 0 Å². The lowest BCUT2D eigenvalue weighted by Gasteiger charge is -1.93. The van der Waals surface area contributed by atoms with Crippen LogP contribution in [0.1, 0.15) is 24.2 Å². The van der Waals surface area contributed by atoms with Gasteiger partial charge in [0.25, 0.3) is 5.56 Å². The Morgan fingerprint density at radius 3 is 2.31 bits per heavy atom. The van der Waals surface area contributed by atoms with Crippen LogP contribution in [0.3, 0.4) is 0 Å². The lowest BCUT2D eigenvalue weighted by Crippen LogP contribution is -2.08. The molecule has 0 fully saturated rings. The van der Waals surface area contributed by atoms with Crippen LogP contribution in [0, 0.1) is 0 Å². The average Bonchev–Trinajstić information content (AvgIpc) is 2.06. The molecule has 0 unspecified atom stereocenters. The van der Waals surface area contributed by atoms with Crippen molar-refractivity contribution in [2.24, 2.45) is 0 Å². The first-order valence-electron chi connectivity index (χ1n) is 3.76. The number of aromatic amines is 1. The lowest BCUT2D eigenvalue weighted by molar-refractivity contribution is 0.0696. The van der Waals surface area contributed by atoms with E-state index in [0.717, 1.165) is 12.1 Å². The van der Waals surface area contributed by atoms with E-state index in [2.05, 4.69) is 0 Å². The molecule has 0 atom stereocenters. The van der Waals surface area contributed by atoms with E-state index in [1.807, 2.05) is 18.8 Å². The highest BCUT2D eigenvalue weighted by Crippen LogP contribution is 2.02. The highest BCUT2D eigenvalue weighted by Gasteiger charge is 2.04. The van der Waals surface area contributed by atoms with Crippen molar-refractivity contribution in [3.05, 3.63) is 28.0 Å². The molecular weight excluding hydrogens is 174 g/mol. The van der Waals surface area contributed by atoms with Gasteiger partial charge >= 0.3 is 5.97 Å². The molecule has 0 saturated heterocycles. The number of carboxylic acid groups (broad SMARTS) is 1. The summed E-state index contributed by atoms with van der Waals surface area (Å²) in [6.07, 6.45) is 0. The van der Waals surface area contributed by atoms with Gasteiger partial charge in [0.15, 0.2) is 5.88 Å². The highest BCUT2D eigenvalue weighted by molar-refractivity contribution is 5.87. The summed E-state index contributed by atoms with van der Waals surface area (Å²) in [5.74, 6) is -1.69. The number of nitrogens with one attached hydrogen (secondary N) is 1. The van der Waals surface area contributed by atoms with Gasteiger partial charge in [-0.25, -0.2) is 4.79 Å². The number of hydrogen-bond acceptors (Lipinski definition) is 3. The van der Waals surface area contributed by atoms with E-state index in [4.69, 9.17) is 10.2 Å². The van der Waals surface area contributed by atoms with Crippen molar-refractivity contribution in [3.8, 4) is 5.88 Å². The van der Waals surface area contributed by atoms with Crippen molar-refractivity contribution < 1.29 is 15.0 Å². The number of carboxylic acids is 1. The first-order chi connectivity index (χ1) is 6.09. The molecule has 0 aromatic carbocycles. The number of pyridine rings is 1. The molecule has 1 rings (SSSR count). The van der Waals surface area contributed by atoms with Crippen molar-refractivity contribution in [2.45, 2.75) is 13.8 Å². The second-order valence-electron chi connectivity index (χ2n) is 1.92. The zero-order valence-electron chi connectivity index (χ0n) is 7.37. The van der Waals surface area contributed by atoms with Gasteiger partial charge in [-0.05, 0) is 0 Å². The largest absolute Gasteiger partial charge is 0.494 e. The maximum atomic E-state index is 10.5. The Hall–Kier alpha value is -1.78. The zero-order valence-corrected chi connectivity index (χ0v) is 7.37. The summed E-state index contributed by atoms with van der Waals surface area (Å²) in [4.78, 5) is 22.8. The Labute approximate surface area is 74.7 Å². The Bertz CT molecular complexity index is 342. The van der Waals surface area contributed by atoms with Crippen LogP contribution < -0.4 is 5.56 Å². The Morgan fingerprint density at radius 2 is 1.92 bits per heavy atom. The molecule has 1 aromatic heterocycles. The van der Waals surface area contributed by atoms with Gasteiger partial charge in [-0.15, -0.1) is 0 Å². The standard InChI is InChI=1S/C6H5NO4.C2H6/c8-4-1-3(6(10)11)2-5(9)7-4;1-2/h1-2H,(H,10,11)(H2,7,8,9);1-2H3. The summed E-state index contributed by atoms with van der Waals surface area (Å²) in [5, 5.41) is 17.1. The van der Waals surface area contributed by atoms with E-state index < -0.39 is 17.4 Å². The summed E-state index contributed by atoms with van der Waals surface area (Å²) in [7, 11) is 0. The third kappa shape index (κ3) is 3.42. The monoisotopic (exact) mass is 185 g/mol. The summed E-state index contributed by atoms with van der Waals surface area (Å²) in [5.41, 5.74) is -0.867. The summed E-state index contributed by atoms with van der Waals surface area (Å²) >= 11 is 0. The van der Waals surface area contributed by atoms with Crippen LogP contribution in [0.4, 0.5) is 0 Å². The van der Waals surface area contributed by atoms with Crippen LogP contribution in [-0.4, -0.2) is 21.2 Å². The van der Waals surface area contributed by atoms with Crippen LogP contribution in [0.2, 0.25) is 0 Å². The van der Waals surface area contributed by atoms with E-state index in [-0.39, 0.29) is 5.56 Å². The molecule has 3 N–H and O–H groups in total. The molecule has 0 amide bonds. The molecule has 0 spiro atoms. The predicted molar refractivity (Wildman–Crippen MR) is 47.0 cm³/mol. The van der Waals surface area contributed by atoms with E-state index in [0.29, 0.717) is 0 Å². The third-order valence-electron chi connectivity index (χ3n) is 1.08. The van der Waals surface area contributed by atoms with Gasteiger partial charge < -0.3 is 10.2 Å². The molecule has 0 radical (unpaired) electrons. The molecule has 1 heterocycles. The minimum absolute atomic E-state index is 0.230. The molecule has 0 saturated carbocycles. The molecule has 0 aliphatic rings. The zero-order chi connectivity index (χ0) is 10.4. The van der Waals surface area contributed by atoms with Gasteiger partial charge in [-0.1, -0.05) is 13.8 Å². The van der Waals surface area contributed by atoms with Crippen molar-refractivity contribution in [3.63, 3.8) is 0 Å². The Kier molecular flexibility index (Phi) is 4.29. The van der Waals surface area contributed by atoms with Crippen molar-refractivity contribution >= 4 is 5.97 Å². The van der Waals surface area contributed by atoms with Crippen LogP contribution in [0.15, 0.2) is 16.9 Å². The summed E-state index contributed by atoms with van der Waals surface area (Å²) in [6, 6.07) is 1.85. The van der Waals surface area contributed by atoms with Crippen molar-refractivity contribution in [1.29, 1.82) is 0 Å². The topological polar surface area (TPSA) is 90.4 Å². The second-order valence-corrected chi connectivity index (χ2v) is 1.92. The fourth-order valence-corrected chi connectivity index (χ4v) is 0.652. The van der Waals surface area contributed by atoms with Crippen molar-refractivity contribution in [2.75, 3.05) is 0 Å². The first-order valence-corrected chi connectivity index (χ1v) is 3.76. The molecule has 0 aliphatic heterocycles. The van der Waals surface area contributed by atoms with Crippen LogP contribution >= 0.6 is 0 Å². The van der Waals surface area contributed by atoms with Gasteiger partial charge in [0.1, 0.15) is 0 Å². The van der Waals surface area contributed by atoms with E-state index in [1.54, 1.807) is 0 Å². The quantitative estimate of drug-likeness (QED) is 0.603. The smallest absolute Gasteiger partial charge is 0.336 e. The average molecular weight is 185 g/mol. The van der Waals surface area contributed by atoms with Crippen LogP contribution in [0.25, 0.3) is 0 Å². The predicted octanol–water partition coefficient (Wildman–Crippen LogP) is 0.805. The number of carbonyl (C=O) groups is 1. The van der Waals surface area contributed by atoms with Gasteiger partial charge in [-0.3, -0.25) is 9.78 Å². The van der Waals surface area contributed by atoms with Gasteiger partial charge in [0, 0.05) is 12.1 Å². The number of H-pyrrole nitrogens is 1. The Balaban J connectivity index is 0.000000671. The van der Waals surface area contributed by atoms with Gasteiger partial charge in [0.05, 0.1) is 5.56 Å². The summed E-state index contributed by atoms with van der Waals surface area (Å²) < 4.78 is 0. The molecule has 5 nitrogen and oxygen atoms in total. The van der Waals surface area contributed by atoms with E-state index in [1.165, 1.54) is 0 Å². The van der Waals surface area contributed by atoms with E-state index >= 15 is 0 Å². The van der Waals surface area contributed by atoms with Crippen LogP contribution in [0.5, 0.6) is 5.88 Å². The molecule has 1 aromatic rings. The number of aromatic nitrogens is 1. The fourth-order valence-electron chi connectivity index (χ4n) is 0.652. The molecule has 5 heteroatoms. The highest BCUT2D eigenvalue weighted by atomic mass is 16.4. The lowest BCUT2D eigenvalue weighted by atomic mass is 10.3. The number of hydrogen-bond donors (Lipinski definition) is 3. The SMILES string of the molecule is CC.O=C(O)c1cc(O)[nH]c(=O)c1. The summed E-state index contributed by atoms with van der Waals surface area (Å²) in [6.45, 7) is 4.00. The molecule has 0 bridgehead atoms. The number of aromatic hydroxyl groups is 1. The Morgan fingerprint density at radius 1 is 1.38 bits per heavy atom. The molecule has 72 valence electrons. The normalized spacial score (nSPS) is 8.46. The minimum Gasteiger partial charge on any atom is -0.494 e. The molecule has 0 aliphatic carbocycles. The maximum Gasteiger partial charge on any atom is 0.336 e. The molecule has 13 heavy (non-hydrogen) atoms. The van der Waals surface area contributed by atoms with E-state index in [9.17, 15) is 9.59 Å². The number of rotatable bonds is 1. The first kappa shape index (κ1) is 11.2. The molecular formula is C8H11NO4. The number of aromatic carboxylic acids is 1. The van der Waals surface area contributed by atoms with Gasteiger partial charge in [0.2, 0.25) is 0 Å². The maximum absolute atomic E-state index is 10.5. The minimum atomic E-state index is -1.24. The van der Waals surface area contributed by atoms with Crippen molar-refractivity contribution in [1.82, 2.24) is 4.98 Å². The second kappa shape index (κ2) is 4.97. The van der Waals surface area contributed by atoms with Gasteiger partial charge in [-0.2, -0.15) is 0 Å².